The molecule has 0 spiro atoms. The van der Waals surface area contributed by atoms with Crippen LogP contribution in [0.2, 0.25) is 0 Å². The van der Waals surface area contributed by atoms with Gasteiger partial charge in [-0.3, -0.25) is 4.79 Å². The number of esters is 1. The van der Waals surface area contributed by atoms with Crippen molar-refractivity contribution in [2.45, 2.75) is 57.5 Å². The van der Waals surface area contributed by atoms with E-state index < -0.39 is 6.10 Å². The number of allylic oxidation sites excluding steroid dienone is 1. The minimum atomic E-state index is -0.767. The molecule has 106 valence electrons. The van der Waals surface area contributed by atoms with Gasteiger partial charge in [0.05, 0.1) is 13.2 Å². The number of rotatable bonds is 12. The van der Waals surface area contributed by atoms with Gasteiger partial charge in [0.25, 0.3) is 0 Å². The Morgan fingerprint density at radius 3 is 2.17 bits per heavy atom. The van der Waals surface area contributed by atoms with Gasteiger partial charge in [-0.15, -0.1) is 6.58 Å². The average Bonchev–Trinajstić information content (AvgIpc) is 2.39. The molecule has 18 heavy (non-hydrogen) atoms. The molecule has 0 saturated heterocycles. The lowest BCUT2D eigenvalue weighted by molar-refractivity contribution is -0.153. The van der Waals surface area contributed by atoms with E-state index >= 15 is 0 Å². The van der Waals surface area contributed by atoms with Crippen molar-refractivity contribution in [3.8, 4) is 0 Å². The van der Waals surface area contributed by atoms with Crippen LogP contribution in [-0.2, 0) is 9.53 Å². The predicted molar refractivity (Wildman–Crippen MR) is 71.2 cm³/mol. The third kappa shape index (κ3) is 10.3. The van der Waals surface area contributed by atoms with E-state index in [2.05, 4.69) is 6.58 Å². The Morgan fingerprint density at radius 1 is 1.06 bits per heavy atom. The van der Waals surface area contributed by atoms with Crippen molar-refractivity contribution in [2.75, 3.05) is 13.2 Å². The van der Waals surface area contributed by atoms with Crippen LogP contribution in [-0.4, -0.2) is 35.5 Å². The number of unbranched alkanes of at least 4 members (excludes halogenated alkanes) is 6. The van der Waals surface area contributed by atoms with Crippen LogP contribution in [0.25, 0.3) is 0 Å². The van der Waals surface area contributed by atoms with Crippen LogP contribution >= 0.6 is 0 Å². The van der Waals surface area contributed by atoms with Gasteiger partial charge in [-0.2, -0.15) is 0 Å². The molecule has 2 N–H and O–H groups in total. The molecule has 0 aliphatic rings. The molecule has 0 unspecified atom stereocenters. The summed E-state index contributed by atoms with van der Waals surface area (Å²) in [4.78, 5) is 11.3. The minimum absolute atomic E-state index is 0.328. The molecule has 0 fully saturated rings. The number of hydrogen-bond donors (Lipinski definition) is 2. The van der Waals surface area contributed by atoms with Crippen LogP contribution in [0.5, 0.6) is 0 Å². The van der Waals surface area contributed by atoms with Crippen molar-refractivity contribution < 1.29 is 19.7 Å². The van der Waals surface area contributed by atoms with Gasteiger partial charge in [0.15, 0.2) is 0 Å². The van der Waals surface area contributed by atoms with Gasteiger partial charge >= 0.3 is 5.97 Å². The lowest BCUT2D eigenvalue weighted by atomic mass is 10.1. The molecule has 0 heterocycles. The molecule has 0 bridgehead atoms. The van der Waals surface area contributed by atoms with Gasteiger partial charge in [-0.05, 0) is 19.3 Å². The van der Waals surface area contributed by atoms with Crippen molar-refractivity contribution in [3.05, 3.63) is 12.7 Å². The second-order valence-corrected chi connectivity index (χ2v) is 4.43. The first-order valence-corrected chi connectivity index (χ1v) is 6.76. The van der Waals surface area contributed by atoms with Crippen LogP contribution in [0.1, 0.15) is 51.4 Å². The van der Waals surface area contributed by atoms with E-state index in [0.29, 0.717) is 6.42 Å². The molecular formula is C14H26O4. The standard InChI is InChI=1S/C14H26O4/c1-2-3-4-5-6-7-8-9-10-14(17)18-13(11-15)12-16/h2,13,15-16H,1,3-12H2. The maximum absolute atomic E-state index is 11.3. The molecule has 0 rings (SSSR count). The average molecular weight is 258 g/mol. The van der Waals surface area contributed by atoms with E-state index in [4.69, 9.17) is 14.9 Å². The molecule has 4 nitrogen and oxygen atoms in total. The van der Waals surface area contributed by atoms with E-state index in [1.165, 1.54) is 19.3 Å². The van der Waals surface area contributed by atoms with E-state index in [9.17, 15) is 4.79 Å². The number of carbonyl (C=O) groups excluding carboxylic acids is 1. The van der Waals surface area contributed by atoms with Crippen LogP contribution in [0.15, 0.2) is 12.7 Å². The zero-order valence-electron chi connectivity index (χ0n) is 11.1. The van der Waals surface area contributed by atoms with Gasteiger partial charge in [-0.1, -0.05) is 31.8 Å². The monoisotopic (exact) mass is 258 g/mol. The van der Waals surface area contributed by atoms with E-state index in [1.54, 1.807) is 0 Å². The Morgan fingerprint density at radius 2 is 1.61 bits per heavy atom. The molecule has 0 saturated carbocycles. The SMILES string of the molecule is C=CCCCCCCCCC(=O)OC(CO)CO. The minimum Gasteiger partial charge on any atom is -0.457 e. The van der Waals surface area contributed by atoms with Crippen LogP contribution in [0, 0.1) is 0 Å². The zero-order chi connectivity index (χ0) is 13.6. The largest absolute Gasteiger partial charge is 0.457 e. The van der Waals surface area contributed by atoms with Crippen LogP contribution < -0.4 is 0 Å². The number of ether oxygens (including phenoxy) is 1. The van der Waals surface area contributed by atoms with Crippen molar-refractivity contribution in [1.29, 1.82) is 0 Å². The molecule has 0 aromatic carbocycles. The maximum Gasteiger partial charge on any atom is 0.306 e. The summed E-state index contributed by atoms with van der Waals surface area (Å²) in [6.45, 7) is 3.02. The summed E-state index contributed by atoms with van der Waals surface area (Å²) in [5, 5.41) is 17.5. The lowest BCUT2D eigenvalue weighted by Crippen LogP contribution is -2.25. The molecule has 0 atom stereocenters. The number of aliphatic hydroxyl groups excluding tert-OH is 2. The van der Waals surface area contributed by atoms with Gasteiger partial charge in [0.2, 0.25) is 0 Å². The summed E-state index contributed by atoms with van der Waals surface area (Å²) in [5.74, 6) is -0.338. The highest BCUT2D eigenvalue weighted by Gasteiger charge is 2.11. The van der Waals surface area contributed by atoms with Crippen molar-refractivity contribution in [3.63, 3.8) is 0 Å². The van der Waals surface area contributed by atoms with E-state index in [-0.39, 0.29) is 19.2 Å². The fraction of sp³-hybridized carbons (Fsp3) is 0.786. The fourth-order valence-corrected chi connectivity index (χ4v) is 1.64. The summed E-state index contributed by atoms with van der Waals surface area (Å²) in [5.41, 5.74) is 0. The Balaban J connectivity index is 3.32. The first kappa shape index (κ1) is 17.1. The summed E-state index contributed by atoms with van der Waals surface area (Å²) in [6, 6.07) is 0. The van der Waals surface area contributed by atoms with Crippen molar-refractivity contribution in [1.82, 2.24) is 0 Å². The van der Waals surface area contributed by atoms with Crippen molar-refractivity contribution >= 4 is 5.97 Å². The van der Waals surface area contributed by atoms with Gasteiger partial charge in [-0.25, -0.2) is 0 Å². The van der Waals surface area contributed by atoms with E-state index in [0.717, 1.165) is 25.7 Å². The summed E-state index contributed by atoms with van der Waals surface area (Å²) >= 11 is 0. The second kappa shape index (κ2) is 12.6. The molecule has 4 heteroatoms. The van der Waals surface area contributed by atoms with Gasteiger partial charge in [0, 0.05) is 6.42 Å². The Kier molecular flexibility index (Phi) is 12.0. The maximum atomic E-state index is 11.3. The molecule has 0 aliphatic carbocycles. The normalized spacial score (nSPS) is 10.6. The van der Waals surface area contributed by atoms with Crippen LogP contribution in [0.4, 0.5) is 0 Å². The molecule has 0 aliphatic heterocycles. The predicted octanol–water partition coefficient (Wildman–Crippen LogP) is 2.19. The smallest absolute Gasteiger partial charge is 0.306 e. The highest BCUT2D eigenvalue weighted by atomic mass is 16.6. The van der Waals surface area contributed by atoms with E-state index in [1.807, 2.05) is 6.08 Å². The topological polar surface area (TPSA) is 66.8 Å². The summed E-state index contributed by atoms with van der Waals surface area (Å²) in [6.07, 6.45) is 9.18. The molecule has 0 aromatic rings. The number of hydrogen-bond acceptors (Lipinski definition) is 4. The number of carbonyl (C=O) groups is 1. The Labute approximate surface area is 110 Å². The van der Waals surface area contributed by atoms with Crippen molar-refractivity contribution in [2.24, 2.45) is 0 Å². The first-order chi connectivity index (χ1) is 8.74. The van der Waals surface area contributed by atoms with Crippen LogP contribution in [0.3, 0.4) is 0 Å². The lowest BCUT2D eigenvalue weighted by Gasteiger charge is -2.12. The zero-order valence-corrected chi connectivity index (χ0v) is 11.1. The molecule has 0 amide bonds. The second-order valence-electron chi connectivity index (χ2n) is 4.43. The molecule has 0 aromatic heterocycles. The highest BCUT2D eigenvalue weighted by Crippen LogP contribution is 2.09. The first-order valence-electron chi connectivity index (χ1n) is 6.76. The third-order valence-electron chi connectivity index (χ3n) is 2.74. The Hall–Kier alpha value is -0.870. The molecular weight excluding hydrogens is 232 g/mol. The number of aliphatic hydroxyl groups is 2. The summed E-state index contributed by atoms with van der Waals surface area (Å²) < 4.78 is 4.86. The van der Waals surface area contributed by atoms with Gasteiger partial charge < -0.3 is 14.9 Å². The summed E-state index contributed by atoms with van der Waals surface area (Å²) in [7, 11) is 0. The van der Waals surface area contributed by atoms with Gasteiger partial charge in [0.1, 0.15) is 6.10 Å². The highest BCUT2D eigenvalue weighted by molar-refractivity contribution is 5.69. The molecule has 0 radical (unpaired) electrons. The quantitative estimate of drug-likeness (QED) is 0.320. The Bertz CT molecular complexity index is 212. The fourth-order valence-electron chi connectivity index (χ4n) is 1.64. The third-order valence-corrected chi connectivity index (χ3v) is 2.74.